The molecule has 0 spiro atoms. The van der Waals surface area contributed by atoms with Gasteiger partial charge in [0.25, 0.3) is 0 Å². The molecule has 5 N–H and O–H groups in total. The van der Waals surface area contributed by atoms with Crippen LogP contribution >= 0.6 is 11.8 Å². The first-order valence-electron chi connectivity index (χ1n) is 5.76. The minimum Gasteiger partial charge on any atom is -0.396 e. The summed E-state index contributed by atoms with van der Waals surface area (Å²) in [6.45, 7) is 4.00. The molecule has 0 fully saturated rings. The molecule has 18 heavy (non-hydrogen) atoms. The molecular weight excluding hydrogens is 254 g/mol. The number of thioether (sulfide) groups is 1. The summed E-state index contributed by atoms with van der Waals surface area (Å²) in [7, 11) is 0. The van der Waals surface area contributed by atoms with Crippen molar-refractivity contribution in [2.75, 3.05) is 25.2 Å². The van der Waals surface area contributed by atoms with Gasteiger partial charge in [0.15, 0.2) is 0 Å². The third-order valence-electron chi connectivity index (χ3n) is 2.41. The lowest BCUT2D eigenvalue weighted by Crippen LogP contribution is -2.50. The average molecular weight is 277 g/mol. The van der Waals surface area contributed by atoms with E-state index < -0.39 is 12.1 Å². The normalized spacial score (nSPS) is 12.9. The molecule has 1 unspecified atom stereocenters. The molecule has 0 aliphatic heterocycles. The van der Waals surface area contributed by atoms with Crippen molar-refractivity contribution in [2.24, 2.45) is 11.1 Å². The van der Waals surface area contributed by atoms with Crippen molar-refractivity contribution in [1.82, 2.24) is 10.6 Å². The Balaban J connectivity index is 4.32. The first-order valence-corrected chi connectivity index (χ1v) is 7.15. The fourth-order valence-electron chi connectivity index (χ4n) is 1.18. The van der Waals surface area contributed by atoms with Gasteiger partial charge in [-0.2, -0.15) is 11.8 Å². The third kappa shape index (κ3) is 7.39. The lowest BCUT2D eigenvalue weighted by Gasteiger charge is -2.24. The minimum atomic E-state index is -0.710. The predicted octanol–water partition coefficient (Wildman–Crippen LogP) is -0.0889. The van der Waals surface area contributed by atoms with Crippen LogP contribution in [0.3, 0.4) is 0 Å². The number of nitrogens with two attached hydrogens (primary N) is 1. The molecule has 7 heteroatoms. The Morgan fingerprint density at radius 3 is 2.50 bits per heavy atom. The molecule has 0 heterocycles. The SMILES string of the molecule is CSCCC(NC(N)=O)C(=O)NCC(C)(C)CO. The summed E-state index contributed by atoms with van der Waals surface area (Å²) in [4.78, 5) is 22.7. The van der Waals surface area contributed by atoms with Crippen LogP contribution in [0.1, 0.15) is 20.3 Å². The van der Waals surface area contributed by atoms with Crippen LogP contribution < -0.4 is 16.4 Å². The smallest absolute Gasteiger partial charge is 0.312 e. The fraction of sp³-hybridized carbons (Fsp3) is 0.818. The molecule has 0 aromatic rings. The van der Waals surface area contributed by atoms with E-state index >= 15 is 0 Å². The number of hydrogen-bond acceptors (Lipinski definition) is 4. The maximum atomic E-state index is 11.9. The number of hydrogen-bond donors (Lipinski definition) is 4. The zero-order valence-electron chi connectivity index (χ0n) is 11.2. The highest BCUT2D eigenvalue weighted by Gasteiger charge is 2.22. The van der Waals surface area contributed by atoms with E-state index in [1.807, 2.05) is 20.1 Å². The monoisotopic (exact) mass is 277 g/mol. The van der Waals surface area contributed by atoms with Gasteiger partial charge in [-0.25, -0.2) is 4.79 Å². The molecule has 0 bridgehead atoms. The van der Waals surface area contributed by atoms with Gasteiger partial charge in [0.05, 0.1) is 0 Å². The third-order valence-corrected chi connectivity index (χ3v) is 3.06. The van der Waals surface area contributed by atoms with Crippen molar-refractivity contribution < 1.29 is 14.7 Å². The summed E-state index contributed by atoms with van der Waals surface area (Å²) in [5.41, 5.74) is 4.65. The highest BCUT2D eigenvalue weighted by atomic mass is 32.2. The minimum absolute atomic E-state index is 0.0218. The molecule has 0 aliphatic rings. The van der Waals surface area contributed by atoms with Crippen LogP contribution in [0.5, 0.6) is 0 Å². The molecule has 0 saturated heterocycles. The summed E-state index contributed by atoms with van der Waals surface area (Å²) in [5, 5.41) is 14.2. The van der Waals surface area contributed by atoms with Crippen LogP contribution in [0.15, 0.2) is 0 Å². The standard InChI is InChI=1S/C11H23N3O3S/c1-11(2,7-15)6-13-9(16)8(4-5-18-3)14-10(12)17/h8,15H,4-7H2,1-3H3,(H,13,16)(H3,12,14,17). The van der Waals surface area contributed by atoms with Crippen LogP contribution in [-0.2, 0) is 4.79 Å². The van der Waals surface area contributed by atoms with E-state index in [2.05, 4.69) is 10.6 Å². The van der Waals surface area contributed by atoms with Gasteiger partial charge in [0.1, 0.15) is 6.04 Å². The van der Waals surface area contributed by atoms with Gasteiger partial charge >= 0.3 is 6.03 Å². The van der Waals surface area contributed by atoms with E-state index in [9.17, 15) is 9.59 Å². The van der Waals surface area contributed by atoms with Crippen molar-refractivity contribution in [3.63, 3.8) is 0 Å². The zero-order chi connectivity index (χ0) is 14.2. The first-order chi connectivity index (χ1) is 8.32. The Bertz CT molecular complexity index is 285. The molecule has 3 amide bonds. The number of aliphatic hydroxyl groups is 1. The molecule has 0 saturated carbocycles. The maximum absolute atomic E-state index is 11.9. The second kappa shape index (κ2) is 8.20. The van der Waals surface area contributed by atoms with Crippen molar-refractivity contribution >= 4 is 23.7 Å². The predicted molar refractivity (Wildman–Crippen MR) is 73.4 cm³/mol. The Morgan fingerprint density at radius 1 is 1.44 bits per heavy atom. The van der Waals surface area contributed by atoms with E-state index in [1.54, 1.807) is 11.8 Å². The fourth-order valence-corrected chi connectivity index (χ4v) is 1.65. The summed E-state index contributed by atoms with van der Waals surface area (Å²) in [5.74, 6) is 0.478. The number of carbonyl (C=O) groups excluding carboxylic acids is 2. The van der Waals surface area contributed by atoms with Crippen LogP contribution in [0, 0.1) is 5.41 Å². The Kier molecular flexibility index (Phi) is 7.77. The largest absolute Gasteiger partial charge is 0.396 e. The Hall–Kier alpha value is -0.950. The number of carbonyl (C=O) groups is 2. The van der Waals surface area contributed by atoms with Crippen molar-refractivity contribution in [2.45, 2.75) is 26.3 Å². The van der Waals surface area contributed by atoms with E-state index in [0.717, 1.165) is 5.75 Å². The number of amides is 3. The first kappa shape index (κ1) is 17.1. The van der Waals surface area contributed by atoms with Gasteiger partial charge in [-0.05, 0) is 18.4 Å². The topological polar surface area (TPSA) is 104 Å². The Morgan fingerprint density at radius 2 is 2.06 bits per heavy atom. The second-order valence-electron chi connectivity index (χ2n) is 4.88. The molecule has 6 nitrogen and oxygen atoms in total. The quantitative estimate of drug-likeness (QED) is 0.498. The van der Waals surface area contributed by atoms with Gasteiger partial charge in [-0.15, -0.1) is 0 Å². The summed E-state index contributed by atoms with van der Waals surface area (Å²) >= 11 is 1.59. The molecule has 0 radical (unpaired) electrons. The van der Waals surface area contributed by atoms with Crippen LogP contribution in [0.25, 0.3) is 0 Å². The van der Waals surface area contributed by atoms with Crippen molar-refractivity contribution in [3.05, 3.63) is 0 Å². The van der Waals surface area contributed by atoms with Gasteiger partial charge < -0.3 is 21.5 Å². The van der Waals surface area contributed by atoms with E-state index in [1.165, 1.54) is 0 Å². The molecule has 0 aliphatic carbocycles. The summed E-state index contributed by atoms with van der Waals surface area (Å²) < 4.78 is 0. The number of rotatable bonds is 8. The number of aliphatic hydroxyl groups excluding tert-OH is 1. The lowest BCUT2D eigenvalue weighted by molar-refractivity contribution is -0.123. The lowest BCUT2D eigenvalue weighted by atomic mass is 9.95. The molecular formula is C11H23N3O3S. The van der Waals surface area contributed by atoms with Crippen molar-refractivity contribution in [1.29, 1.82) is 0 Å². The molecule has 1 atom stereocenters. The van der Waals surface area contributed by atoms with Gasteiger partial charge in [-0.1, -0.05) is 13.8 Å². The van der Waals surface area contributed by atoms with E-state index in [4.69, 9.17) is 10.8 Å². The summed E-state index contributed by atoms with van der Waals surface area (Å²) in [6, 6.07) is -1.33. The highest BCUT2D eigenvalue weighted by molar-refractivity contribution is 7.98. The van der Waals surface area contributed by atoms with Crippen LogP contribution in [-0.4, -0.2) is 48.2 Å². The van der Waals surface area contributed by atoms with Gasteiger partial charge in [0, 0.05) is 18.6 Å². The molecule has 0 aromatic heterocycles. The number of nitrogens with one attached hydrogen (secondary N) is 2. The zero-order valence-corrected chi connectivity index (χ0v) is 12.0. The van der Waals surface area contributed by atoms with E-state index in [0.29, 0.717) is 13.0 Å². The van der Waals surface area contributed by atoms with Gasteiger partial charge in [-0.3, -0.25) is 4.79 Å². The number of urea groups is 1. The van der Waals surface area contributed by atoms with Crippen LogP contribution in [0.2, 0.25) is 0 Å². The average Bonchev–Trinajstić information content (AvgIpc) is 2.31. The van der Waals surface area contributed by atoms with Crippen molar-refractivity contribution in [3.8, 4) is 0 Å². The Labute approximate surface area is 112 Å². The van der Waals surface area contributed by atoms with Crippen LogP contribution in [0.4, 0.5) is 4.79 Å². The van der Waals surface area contributed by atoms with E-state index in [-0.39, 0.29) is 17.9 Å². The molecule has 106 valence electrons. The summed E-state index contributed by atoms with van der Waals surface area (Å²) in [6.07, 6.45) is 2.45. The molecule has 0 aromatic carbocycles. The van der Waals surface area contributed by atoms with Gasteiger partial charge in [0.2, 0.25) is 5.91 Å². The number of primary amides is 1. The second-order valence-corrected chi connectivity index (χ2v) is 5.87. The molecule has 0 rings (SSSR count). The highest BCUT2D eigenvalue weighted by Crippen LogP contribution is 2.11. The maximum Gasteiger partial charge on any atom is 0.312 e.